The van der Waals surface area contributed by atoms with Crippen LogP contribution in [0, 0.1) is 0 Å². The van der Waals surface area contributed by atoms with Gasteiger partial charge in [0.1, 0.15) is 5.75 Å². The van der Waals surface area contributed by atoms with E-state index >= 15 is 0 Å². The van der Waals surface area contributed by atoms with Crippen molar-refractivity contribution in [1.29, 1.82) is 0 Å². The lowest BCUT2D eigenvalue weighted by Crippen LogP contribution is -2.28. The van der Waals surface area contributed by atoms with E-state index in [0.29, 0.717) is 15.8 Å². The largest absolute Gasteiger partial charge is 0.507 e. The summed E-state index contributed by atoms with van der Waals surface area (Å²) in [7, 11) is 0. The fourth-order valence-corrected chi connectivity index (χ4v) is 5.00. The number of amidine groups is 1. The first-order valence-electron chi connectivity index (χ1n) is 11.8. The van der Waals surface area contributed by atoms with Gasteiger partial charge in [-0.05, 0) is 70.6 Å². The van der Waals surface area contributed by atoms with Crippen LogP contribution in [-0.4, -0.2) is 16.2 Å². The third-order valence-corrected chi connectivity index (χ3v) is 6.82. The van der Waals surface area contributed by atoms with Crippen molar-refractivity contribution in [2.75, 3.05) is 4.90 Å². The summed E-state index contributed by atoms with van der Waals surface area (Å²) in [5.74, 6) is 0.216. The molecule has 1 saturated heterocycles. The van der Waals surface area contributed by atoms with Crippen LogP contribution in [0.3, 0.4) is 0 Å². The number of carbonyl (C=O) groups is 1. The molecule has 3 aromatic rings. The molecule has 1 aliphatic heterocycles. The first-order chi connectivity index (χ1) is 16.4. The maximum atomic E-state index is 13.6. The molecule has 5 heteroatoms. The molecule has 0 radical (unpaired) electrons. The third-order valence-electron chi connectivity index (χ3n) is 5.85. The second-order valence-electron chi connectivity index (χ2n) is 10.8. The van der Waals surface area contributed by atoms with Gasteiger partial charge in [0, 0.05) is 11.1 Å². The van der Waals surface area contributed by atoms with Crippen LogP contribution in [0.5, 0.6) is 5.75 Å². The number of phenols is 1. The molecule has 180 valence electrons. The average molecular weight is 485 g/mol. The Hall–Kier alpha value is -3.31. The van der Waals surface area contributed by atoms with Crippen molar-refractivity contribution in [1.82, 2.24) is 0 Å². The van der Waals surface area contributed by atoms with Crippen LogP contribution in [0.25, 0.3) is 6.08 Å². The van der Waals surface area contributed by atoms with Gasteiger partial charge in [0.2, 0.25) is 0 Å². The van der Waals surface area contributed by atoms with E-state index < -0.39 is 0 Å². The number of nitrogens with zero attached hydrogens (tertiary/aromatic N) is 2. The number of benzene rings is 3. The van der Waals surface area contributed by atoms with Crippen LogP contribution in [0.2, 0.25) is 0 Å². The van der Waals surface area contributed by atoms with Gasteiger partial charge in [-0.15, -0.1) is 0 Å². The number of hydrogen-bond acceptors (Lipinski definition) is 4. The highest BCUT2D eigenvalue weighted by Crippen LogP contribution is 2.42. The molecule has 4 nitrogen and oxygen atoms in total. The third kappa shape index (κ3) is 5.35. The van der Waals surface area contributed by atoms with E-state index in [1.165, 1.54) is 11.8 Å². The Morgan fingerprint density at radius 1 is 0.829 bits per heavy atom. The van der Waals surface area contributed by atoms with E-state index in [1.807, 2.05) is 78.9 Å². The summed E-state index contributed by atoms with van der Waals surface area (Å²) < 4.78 is 0. The second-order valence-corrected chi connectivity index (χ2v) is 11.8. The number of hydrogen-bond donors (Lipinski definition) is 1. The number of phenolic OH excluding ortho intramolecular Hbond substituents is 1. The van der Waals surface area contributed by atoms with Crippen molar-refractivity contribution >= 4 is 40.3 Å². The molecule has 0 spiro atoms. The SMILES string of the molecule is CC(C)(C)c1cc(/C=C2\SC(=Nc3ccccc3)N(c3ccccc3)C2=O)cc(C(C)(C)C)c1O. The first kappa shape index (κ1) is 24.8. The van der Waals surface area contributed by atoms with Gasteiger partial charge in [0.05, 0.1) is 16.3 Å². The highest BCUT2D eigenvalue weighted by molar-refractivity contribution is 8.19. The summed E-state index contributed by atoms with van der Waals surface area (Å²) >= 11 is 1.37. The smallest absolute Gasteiger partial charge is 0.271 e. The zero-order chi connectivity index (χ0) is 25.4. The first-order valence-corrected chi connectivity index (χ1v) is 12.6. The molecule has 1 heterocycles. The topological polar surface area (TPSA) is 52.9 Å². The highest BCUT2D eigenvalue weighted by atomic mass is 32.2. The molecule has 1 fully saturated rings. The van der Waals surface area contributed by atoms with Crippen molar-refractivity contribution in [2.45, 2.75) is 52.4 Å². The van der Waals surface area contributed by atoms with Crippen LogP contribution < -0.4 is 4.90 Å². The Bertz CT molecular complexity index is 1260. The van der Waals surface area contributed by atoms with E-state index in [9.17, 15) is 9.90 Å². The Kier molecular flexibility index (Phi) is 6.65. The molecular weight excluding hydrogens is 452 g/mol. The number of thioether (sulfide) groups is 1. The number of aliphatic imine (C=N–C) groups is 1. The van der Waals surface area contributed by atoms with Gasteiger partial charge in [-0.25, -0.2) is 4.99 Å². The minimum atomic E-state index is -0.249. The fraction of sp³-hybridized carbons (Fsp3) is 0.267. The van der Waals surface area contributed by atoms with E-state index in [4.69, 9.17) is 4.99 Å². The van der Waals surface area contributed by atoms with E-state index in [2.05, 4.69) is 41.5 Å². The lowest BCUT2D eigenvalue weighted by Gasteiger charge is -2.28. The summed E-state index contributed by atoms with van der Waals surface area (Å²) in [5, 5.41) is 11.7. The van der Waals surface area contributed by atoms with Crippen molar-refractivity contribution in [3.8, 4) is 5.75 Å². The Morgan fingerprint density at radius 3 is 1.86 bits per heavy atom. The van der Waals surface area contributed by atoms with E-state index in [1.54, 1.807) is 4.90 Å². The van der Waals surface area contributed by atoms with Crippen molar-refractivity contribution in [2.24, 2.45) is 4.99 Å². The van der Waals surface area contributed by atoms with E-state index in [0.717, 1.165) is 28.1 Å². The van der Waals surface area contributed by atoms with Gasteiger partial charge >= 0.3 is 0 Å². The van der Waals surface area contributed by atoms with Crippen LogP contribution >= 0.6 is 11.8 Å². The maximum absolute atomic E-state index is 13.6. The fourth-order valence-electron chi connectivity index (χ4n) is 4.00. The molecule has 4 rings (SSSR count). The number of amides is 1. The van der Waals surface area contributed by atoms with Gasteiger partial charge in [-0.3, -0.25) is 9.69 Å². The molecule has 0 bridgehead atoms. The lowest BCUT2D eigenvalue weighted by atomic mass is 9.78. The molecule has 0 saturated carbocycles. The zero-order valence-electron chi connectivity index (χ0n) is 21.2. The molecule has 3 aromatic carbocycles. The summed E-state index contributed by atoms with van der Waals surface area (Å²) in [6.07, 6.45) is 1.92. The van der Waals surface area contributed by atoms with Crippen LogP contribution in [-0.2, 0) is 15.6 Å². The molecule has 1 N–H and O–H groups in total. The summed E-state index contributed by atoms with van der Waals surface area (Å²) in [4.78, 5) is 20.7. The Balaban J connectivity index is 1.84. The van der Waals surface area contributed by atoms with E-state index in [-0.39, 0.29) is 16.7 Å². The normalized spacial score (nSPS) is 17.0. The molecule has 0 aromatic heterocycles. The number of rotatable bonds is 3. The highest BCUT2D eigenvalue weighted by Gasteiger charge is 2.35. The number of para-hydroxylation sites is 2. The zero-order valence-corrected chi connectivity index (χ0v) is 22.0. The molecule has 35 heavy (non-hydrogen) atoms. The minimum absolute atomic E-state index is 0.112. The van der Waals surface area contributed by atoms with Crippen molar-refractivity contribution in [3.63, 3.8) is 0 Å². The van der Waals surface area contributed by atoms with Gasteiger partial charge in [-0.1, -0.05) is 77.9 Å². The van der Waals surface area contributed by atoms with Gasteiger partial charge in [0.15, 0.2) is 5.17 Å². The van der Waals surface area contributed by atoms with Gasteiger partial charge in [0.25, 0.3) is 5.91 Å². The molecule has 0 unspecified atom stereocenters. The summed E-state index contributed by atoms with van der Waals surface area (Å²) in [5.41, 5.74) is 3.69. The quantitative estimate of drug-likeness (QED) is 0.386. The van der Waals surface area contributed by atoms with Gasteiger partial charge < -0.3 is 5.11 Å². The molecule has 1 aliphatic rings. The Labute approximate surface area is 212 Å². The molecule has 1 amide bonds. The van der Waals surface area contributed by atoms with Gasteiger partial charge in [-0.2, -0.15) is 0 Å². The lowest BCUT2D eigenvalue weighted by molar-refractivity contribution is -0.113. The summed E-state index contributed by atoms with van der Waals surface area (Å²) in [6.45, 7) is 12.5. The monoisotopic (exact) mass is 484 g/mol. The summed E-state index contributed by atoms with van der Waals surface area (Å²) in [6, 6.07) is 23.2. The van der Waals surface area contributed by atoms with Crippen molar-refractivity contribution < 1.29 is 9.90 Å². The Morgan fingerprint density at radius 2 is 1.34 bits per heavy atom. The van der Waals surface area contributed by atoms with Crippen LogP contribution in [0.4, 0.5) is 11.4 Å². The minimum Gasteiger partial charge on any atom is -0.507 e. The number of anilines is 1. The standard InChI is InChI=1S/C30H32N2O2S/c1-29(2,3)23-17-20(18-24(26(23)33)30(4,5)6)19-25-27(34)32(22-15-11-8-12-16-22)28(35-25)31-21-13-9-7-10-14-21/h7-19,33H,1-6H3/b25-19-,31-28?. The van der Waals surface area contributed by atoms with Crippen LogP contribution in [0.1, 0.15) is 58.2 Å². The molecule has 0 atom stereocenters. The number of carbonyl (C=O) groups excluding carboxylic acids is 1. The number of aromatic hydroxyl groups is 1. The predicted octanol–water partition coefficient (Wildman–Crippen LogP) is 7.80. The second kappa shape index (κ2) is 9.38. The molecular formula is C30H32N2O2S. The average Bonchev–Trinajstić information content (AvgIpc) is 3.09. The van der Waals surface area contributed by atoms with Crippen LogP contribution in [0.15, 0.2) is 82.7 Å². The molecule has 0 aliphatic carbocycles. The maximum Gasteiger partial charge on any atom is 0.271 e. The van der Waals surface area contributed by atoms with Crippen molar-refractivity contribution in [3.05, 3.63) is 94.4 Å². The predicted molar refractivity (Wildman–Crippen MR) is 149 cm³/mol.